The summed E-state index contributed by atoms with van der Waals surface area (Å²) >= 11 is 0. The predicted molar refractivity (Wildman–Crippen MR) is 158 cm³/mol. The van der Waals surface area contributed by atoms with E-state index in [-0.39, 0.29) is 36.2 Å². The van der Waals surface area contributed by atoms with Crippen LogP contribution >= 0.6 is 7.75 Å². The van der Waals surface area contributed by atoms with Gasteiger partial charge in [0, 0.05) is 18.4 Å². The molecule has 1 saturated heterocycles. The third-order valence-corrected chi connectivity index (χ3v) is 8.95. The molecule has 4 N–H and O–H groups in total. The Kier molecular flexibility index (Phi) is 9.21. The number of nitrogens with two attached hydrogens (primary N) is 1. The number of hydrogen-bond donors (Lipinski definition) is 3. The maximum Gasteiger partial charge on any atom is 0.459 e. The molecule has 1 aromatic carbocycles. The quantitative estimate of drug-likeness (QED) is 0.181. The number of carbonyl (C=O) groups excluding carboxylic acids is 1. The van der Waals surface area contributed by atoms with Crippen LogP contribution in [0.1, 0.15) is 66.0 Å². The normalized spacial score (nSPS) is 24.7. The Morgan fingerprint density at radius 1 is 1.23 bits per heavy atom. The minimum atomic E-state index is -4.29. The van der Waals surface area contributed by atoms with Crippen LogP contribution in [-0.2, 0) is 23.4 Å². The fraction of sp³-hybridized carbons (Fsp3) is 0.571. The van der Waals surface area contributed by atoms with E-state index in [1.807, 2.05) is 6.92 Å². The van der Waals surface area contributed by atoms with E-state index in [2.05, 4.69) is 25.4 Å². The van der Waals surface area contributed by atoms with Gasteiger partial charge in [0.15, 0.2) is 17.0 Å². The predicted octanol–water partition coefficient (Wildman–Crippen LogP) is 5.12. The highest BCUT2D eigenvalue weighted by atomic mass is 31.2. The van der Waals surface area contributed by atoms with Gasteiger partial charge in [0.05, 0.1) is 12.4 Å². The Morgan fingerprint density at radius 3 is 2.65 bits per heavy atom. The molecule has 0 radical (unpaired) electrons. The van der Waals surface area contributed by atoms with Gasteiger partial charge in [-0.2, -0.15) is 15.1 Å². The third kappa shape index (κ3) is 7.43. The van der Waals surface area contributed by atoms with Gasteiger partial charge in [-0.3, -0.25) is 13.9 Å². The van der Waals surface area contributed by atoms with Crippen LogP contribution in [0, 0.1) is 5.92 Å². The highest BCUT2D eigenvalue weighted by Crippen LogP contribution is 2.49. The van der Waals surface area contributed by atoms with E-state index < -0.39 is 38.4 Å². The average molecular weight is 620 g/mol. The van der Waals surface area contributed by atoms with E-state index in [1.54, 1.807) is 48.7 Å². The number of nitrogens with one attached hydrogen (secondary N) is 2. The molecule has 3 aromatic rings. The van der Waals surface area contributed by atoms with E-state index >= 15 is 4.39 Å². The number of benzene rings is 1. The number of anilines is 2. The first-order chi connectivity index (χ1) is 20.4. The lowest BCUT2D eigenvalue weighted by atomic mass is 10.1. The molecule has 1 aliphatic heterocycles. The smallest absolute Gasteiger partial charge is 0.459 e. The van der Waals surface area contributed by atoms with E-state index in [4.69, 9.17) is 24.3 Å². The average Bonchev–Trinajstić information content (AvgIpc) is 3.67. The number of hydrogen-bond acceptors (Lipinski definition) is 11. The highest BCUT2D eigenvalue weighted by molar-refractivity contribution is 7.52. The van der Waals surface area contributed by atoms with E-state index in [1.165, 1.54) is 13.3 Å². The fourth-order valence-corrected chi connectivity index (χ4v) is 6.91. The SMILES string of the molecule is CC(C)OC(=O)[C@H](C)N[P@](=O)(OC[C@]1(F)C[C@H](C)[C@H](n2cnc3c(NC4CCCC4)nc(N)nc32)O1)Oc1ccccc1. The molecule has 13 nitrogen and oxygen atoms in total. The molecule has 2 fully saturated rings. The second-order valence-corrected chi connectivity index (χ2v) is 13.2. The van der Waals surface area contributed by atoms with Crippen molar-refractivity contribution in [1.82, 2.24) is 24.6 Å². The highest BCUT2D eigenvalue weighted by Gasteiger charge is 2.49. The Balaban J connectivity index is 1.33. The summed E-state index contributed by atoms with van der Waals surface area (Å²) in [6.07, 6.45) is 4.59. The summed E-state index contributed by atoms with van der Waals surface area (Å²) in [6.45, 7) is 5.93. The van der Waals surface area contributed by atoms with Crippen molar-refractivity contribution in [3.05, 3.63) is 36.7 Å². The fourth-order valence-electron chi connectivity index (χ4n) is 5.39. The van der Waals surface area contributed by atoms with Crippen molar-refractivity contribution in [3.8, 4) is 5.75 Å². The van der Waals surface area contributed by atoms with Gasteiger partial charge in [-0.1, -0.05) is 38.0 Å². The maximum absolute atomic E-state index is 16.2. The van der Waals surface area contributed by atoms with Crippen LogP contribution in [0.4, 0.5) is 16.2 Å². The minimum Gasteiger partial charge on any atom is -0.462 e. The van der Waals surface area contributed by atoms with Crippen molar-refractivity contribution in [3.63, 3.8) is 0 Å². The van der Waals surface area contributed by atoms with Crippen molar-refractivity contribution < 1.29 is 32.3 Å². The number of aromatic nitrogens is 4. The molecule has 0 amide bonds. The number of imidazole rings is 1. The summed E-state index contributed by atoms with van der Waals surface area (Å²) in [5.74, 6) is -2.56. The largest absolute Gasteiger partial charge is 0.462 e. The number of para-hydroxylation sites is 1. The summed E-state index contributed by atoms with van der Waals surface area (Å²) in [6, 6.07) is 7.45. The second kappa shape index (κ2) is 12.7. The molecule has 2 aliphatic rings. The molecule has 2 aromatic heterocycles. The molecule has 1 saturated carbocycles. The monoisotopic (exact) mass is 619 g/mol. The van der Waals surface area contributed by atoms with Crippen LogP contribution in [0.5, 0.6) is 5.75 Å². The van der Waals surface area contributed by atoms with Crippen molar-refractivity contribution in [2.24, 2.45) is 5.92 Å². The van der Waals surface area contributed by atoms with E-state index in [0.717, 1.165) is 25.7 Å². The number of rotatable bonds is 12. The van der Waals surface area contributed by atoms with Gasteiger partial charge in [-0.15, -0.1) is 0 Å². The van der Waals surface area contributed by atoms with Gasteiger partial charge in [0.1, 0.15) is 24.6 Å². The zero-order valence-corrected chi connectivity index (χ0v) is 25.6. The van der Waals surface area contributed by atoms with Gasteiger partial charge in [0.2, 0.25) is 11.8 Å². The van der Waals surface area contributed by atoms with Crippen LogP contribution < -0.4 is 20.7 Å². The molecule has 5 atom stereocenters. The van der Waals surface area contributed by atoms with E-state index in [0.29, 0.717) is 17.0 Å². The van der Waals surface area contributed by atoms with Crippen LogP contribution in [0.25, 0.3) is 11.2 Å². The minimum absolute atomic E-state index is 0.0606. The van der Waals surface area contributed by atoms with Gasteiger partial charge < -0.3 is 25.0 Å². The van der Waals surface area contributed by atoms with Crippen molar-refractivity contribution in [2.45, 2.75) is 90.1 Å². The second-order valence-electron chi connectivity index (χ2n) is 11.5. The number of halogens is 1. The molecule has 234 valence electrons. The number of alkyl halides is 1. The Bertz CT molecular complexity index is 1470. The number of ether oxygens (including phenoxy) is 2. The first kappa shape index (κ1) is 31.1. The molecule has 15 heteroatoms. The number of nitrogen functional groups attached to an aromatic ring is 1. The molecule has 5 rings (SSSR count). The van der Waals surface area contributed by atoms with Gasteiger partial charge in [-0.05, 0) is 45.7 Å². The van der Waals surface area contributed by atoms with Gasteiger partial charge in [0.25, 0.3) is 0 Å². The molecule has 0 unspecified atom stereocenters. The first-order valence-electron chi connectivity index (χ1n) is 14.5. The van der Waals surface area contributed by atoms with E-state index in [9.17, 15) is 9.36 Å². The van der Waals surface area contributed by atoms with Crippen LogP contribution in [0.15, 0.2) is 36.7 Å². The van der Waals surface area contributed by atoms with Crippen molar-refractivity contribution in [2.75, 3.05) is 17.7 Å². The van der Waals surface area contributed by atoms with Crippen molar-refractivity contribution >= 4 is 36.6 Å². The Morgan fingerprint density at radius 2 is 1.95 bits per heavy atom. The number of esters is 1. The molecule has 3 heterocycles. The number of fused-ring (bicyclic) bond motifs is 1. The molecule has 43 heavy (non-hydrogen) atoms. The lowest BCUT2D eigenvalue weighted by Crippen LogP contribution is -2.37. The topological polar surface area (TPSA) is 165 Å². The summed E-state index contributed by atoms with van der Waals surface area (Å²) in [7, 11) is -4.29. The summed E-state index contributed by atoms with van der Waals surface area (Å²) in [5, 5.41) is 5.99. The Hall–Kier alpha value is -3.32. The summed E-state index contributed by atoms with van der Waals surface area (Å²) in [4.78, 5) is 25.7. The standard InChI is InChI=1S/C28H39FN7O6P/c1-17(2)40-26(37)19(4)35-43(38,42-21-12-6-5-7-13-21)39-15-28(29)14-18(3)25(41-28)36-16-31-22-23(32-20-10-8-9-11-20)33-27(30)34-24(22)36/h5-7,12-13,16-20,25H,8-11,14-15H2,1-4H3,(H,35,38)(H3,30,32,33,34)/t18-,19-,25+,28-,43-/m0/s1. The zero-order valence-electron chi connectivity index (χ0n) is 24.7. The lowest BCUT2D eigenvalue weighted by Gasteiger charge is -2.26. The third-order valence-electron chi connectivity index (χ3n) is 7.33. The van der Waals surface area contributed by atoms with Gasteiger partial charge >= 0.3 is 13.7 Å². The molecule has 0 spiro atoms. The van der Waals surface area contributed by atoms with Crippen LogP contribution in [0.2, 0.25) is 0 Å². The summed E-state index contributed by atoms with van der Waals surface area (Å²) in [5.41, 5.74) is 6.96. The molecular formula is C28H39FN7O6P. The van der Waals surface area contributed by atoms with Crippen LogP contribution in [-0.4, -0.2) is 56.1 Å². The first-order valence-corrected chi connectivity index (χ1v) is 16.1. The molecule has 0 bridgehead atoms. The Labute approximate surface area is 249 Å². The summed E-state index contributed by atoms with van der Waals surface area (Å²) < 4.78 is 54.0. The molecule has 1 aliphatic carbocycles. The van der Waals surface area contributed by atoms with Gasteiger partial charge in [-0.25, -0.2) is 13.9 Å². The number of carbonyl (C=O) groups is 1. The lowest BCUT2D eigenvalue weighted by molar-refractivity contribution is -0.173. The molecular weight excluding hydrogens is 580 g/mol. The maximum atomic E-state index is 16.2. The van der Waals surface area contributed by atoms with Crippen molar-refractivity contribution in [1.29, 1.82) is 0 Å². The van der Waals surface area contributed by atoms with Crippen LogP contribution in [0.3, 0.4) is 0 Å². The number of nitrogens with zero attached hydrogens (tertiary/aromatic N) is 4. The zero-order chi connectivity index (χ0) is 30.8.